The average molecular weight is 2660 g/mol. The van der Waals surface area contributed by atoms with Gasteiger partial charge in [-0.05, 0) is 148 Å². The van der Waals surface area contributed by atoms with E-state index in [4.69, 9.17) is 20.3 Å². The number of ketones is 3. The van der Waals surface area contributed by atoms with Crippen LogP contribution in [0.15, 0.2) is 351 Å². The first kappa shape index (κ1) is 116. The van der Waals surface area contributed by atoms with Gasteiger partial charge in [0.25, 0.3) is 0 Å². The third-order valence-electron chi connectivity index (χ3n) is 22.2. The predicted octanol–water partition coefficient (Wildman–Crippen LogP) is 27.8. The zero-order valence-electron chi connectivity index (χ0n) is 83.7. The molecule has 0 saturated heterocycles. The Labute approximate surface area is 892 Å². The number of para-hydroxylation sites is 4. The van der Waals surface area contributed by atoms with Crippen LogP contribution >= 0.6 is 0 Å². The van der Waals surface area contributed by atoms with E-state index in [9.17, 15) is 14.4 Å². The van der Waals surface area contributed by atoms with Crippen molar-refractivity contribution in [1.29, 1.82) is 0 Å². The molecule has 5 aromatic heterocycles. The number of aliphatic hydroxyl groups is 3. The number of pyridine rings is 4. The Balaban J connectivity index is 0.000000221. The summed E-state index contributed by atoms with van der Waals surface area (Å²) in [4.78, 5) is 52.7. The maximum atomic E-state index is 10.0. The molecule has 14 nitrogen and oxygen atoms in total. The van der Waals surface area contributed by atoms with Gasteiger partial charge in [0, 0.05) is 125 Å². The van der Waals surface area contributed by atoms with Crippen LogP contribution in [-0.2, 0) is 102 Å². The molecule has 0 saturated carbocycles. The van der Waals surface area contributed by atoms with Crippen molar-refractivity contribution in [1.82, 2.24) is 19.9 Å². The molecule has 0 bridgehead atoms. The van der Waals surface area contributed by atoms with Gasteiger partial charge in [-0.15, -0.1) is 126 Å². The topological polar surface area (TPSA) is 178 Å². The standard InChI is InChI=1S/C23H26N.C20H20NSi.C19H14N2.C17H11N2.C15H18GeN.C12H10N.3C5H8O2.3Ir.Pt/c1-15(2)19-13-22(16(3)4)21-8-7-9-24(23(21)14-19)20-11-17(5)10-18(6)12-20;1-22(2,3)20-14-19(17-12-8-5-9-13-17)21-15-18(20)16-10-6-4-7-11-16;1-3-9-16(10-4-1)20-15-21(17-11-5-2-6-12-17)19-14-8-7-13-18(19)20;1-11-10-18-16-14-8-4-2-6-12(14)13-7-3-5-9-15(13)17(16)19-11;1-16(2,3)13-8-9-15-14-7-5-4-6-12(14)10-17(15)11-13;1-10-6-5-9-13-12(10)11-7-3-2-4-8-11;3*1-4(6)3-5(2)7;;;;/h7-8,10-11,13-16H,1-6H3;4-12,14-15H,1-3H3;1-11,13-15H;2-7,9-10H,1H3;4-9,11H,10H2,1-3H3;2-7,9H,1H3;3*3,6H,1-2H3;;;;/q2*-1;-2;-1;+1;-1;;;;;;;+2. The van der Waals surface area contributed by atoms with Crippen LogP contribution in [0, 0.1) is 70.9 Å². The first-order valence-corrected chi connectivity index (χ1v) is 56.9. The van der Waals surface area contributed by atoms with Crippen LogP contribution in [0.5, 0.6) is 0 Å². The van der Waals surface area contributed by atoms with Crippen LogP contribution < -0.4 is 28.5 Å². The maximum absolute atomic E-state index is 10.0. The van der Waals surface area contributed by atoms with E-state index >= 15 is 0 Å². The molecule has 0 amide bonds. The minimum absolute atomic E-state index is 0. The minimum atomic E-state index is -1.70. The van der Waals surface area contributed by atoms with Crippen LogP contribution in [0.4, 0.5) is 22.7 Å². The number of benzene rings is 12. The van der Waals surface area contributed by atoms with E-state index in [1.807, 2.05) is 123 Å². The fourth-order valence-corrected chi connectivity index (χ4v) is 19.8. The number of hydrogen-bond donors (Lipinski definition) is 3. The summed E-state index contributed by atoms with van der Waals surface area (Å²) in [6.07, 6.45) is 14.9. The fourth-order valence-electron chi connectivity index (χ4n) is 15.8. The molecule has 731 valence electrons. The molecular formula is C121H123GeIr3N8O6PtSi-3. The monoisotopic (exact) mass is 2660 g/mol. The van der Waals surface area contributed by atoms with E-state index in [-0.39, 0.29) is 116 Å². The maximum Gasteiger partial charge on any atom is 2.00 e. The number of rotatable bonds is 13. The Morgan fingerprint density at radius 3 is 1.62 bits per heavy atom. The second-order valence-corrected chi connectivity index (χ2v) is 52.2. The van der Waals surface area contributed by atoms with Gasteiger partial charge >= 0.3 is 127 Å². The van der Waals surface area contributed by atoms with Crippen LogP contribution in [0.2, 0.25) is 36.9 Å². The van der Waals surface area contributed by atoms with Crippen LogP contribution in [0.25, 0.3) is 94.1 Å². The normalized spacial score (nSPS) is 11.5. The van der Waals surface area contributed by atoms with Crippen molar-refractivity contribution in [3.05, 3.63) is 434 Å². The number of carbonyl (C=O) groups is 3. The molecule has 2 aliphatic rings. The van der Waals surface area contributed by atoms with Crippen molar-refractivity contribution in [2.75, 3.05) is 9.80 Å². The van der Waals surface area contributed by atoms with Crippen molar-refractivity contribution < 1.29 is 120 Å². The second kappa shape index (κ2) is 55.4. The van der Waals surface area contributed by atoms with Crippen molar-refractivity contribution >= 4 is 115 Å². The summed E-state index contributed by atoms with van der Waals surface area (Å²) in [6, 6.07) is 117. The van der Waals surface area contributed by atoms with E-state index in [0.29, 0.717) is 11.8 Å². The van der Waals surface area contributed by atoms with Crippen molar-refractivity contribution in [2.24, 2.45) is 0 Å². The molecule has 0 aliphatic carbocycles. The van der Waals surface area contributed by atoms with Gasteiger partial charge in [-0.3, -0.25) is 19.4 Å². The smallest absolute Gasteiger partial charge is 0.493 e. The molecule has 19 rings (SSSR count). The minimum Gasteiger partial charge on any atom is -0.493 e. The van der Waals surface area contributed by atoms with E-state index in [1.165, 1.54) is 148 Å². The second-order valence-electron chi connectivity index (χ2n) is 36.5. The summed E-state index contributed by atoms with van der Waals surface area (Å²) in [6.45, 7) is 36.2. The SMILES string of the molecule is CC(=O)C=C(C)O.CC(=O)C=C(C)O.CC(=O)C=C(C)O.C[Si](C)(C)c1cc(-c2[c-]cccc2)ncc1-c1ccccc1.Cc1[c-]c(-[n+]2[c-]ccc3c(C(C)C)cc(C(C)C)cc32)cc(C)c1.Cc1cccnc1-c1[c-]cccc1.Cc1cnc2c3[c-]cccc3c3ccccc3c2n1.[CH3][Ge]([CH3])([CH3])[c]1ccc2[n+](c1)Cc1ccccc1-2.[Ir].[Ir].[Ir].[Pt+2].[c-]1ccccc1N1[CH-]N(c2ccccc2)c2ccccc21. The molecular weight excluding hydrogens is 2530 g/mol. The molecule has 141 heavy (non-hydrogen) atoms. The average Bonchev–Trinajstić information content (AvgIpc) is 1.66. The molecule has 2 aliphatic heterocycles. The third kappa shape index (κ3) is 33.0. The third-order valence-corrected chi connectivity index (χ3v) is 28.4. The number of hydrogen-bond acceptors (Lipinski definition) is 12. The zero-order valence-corrected chi connectivity index (χ0v) is 96.2. The first-order chi connectivity index (χ1) is 65.5. The van der Waals surface area contributed by atoms with E-state index < -0.39 is 21.3 Å². The molecule has 12 aromatic carbocycles. The summed E-state index contributed by atoms with van der Waals surface area (Å²) in [5, 5.41) is 32.4. The Morgan fingerprint density at radius 1 is 0.504 bits per heavy atom. The number of nitrogens with zero attached hydrogens (tertiary/aromatic N) is 8. The number of carbonyl (C=O) groups excluding carboxylic acids is 3. The molecule has 0 atom stereocenters. The van der Waals surface area contributed by atoms with Crippen molar-refractivity contribution in [3.8, 4) is 50.6 Å². The number of aliphatic hydroxyl groups excluding tert-OH is 3. The summed E-state index contributed by atoms with van der Waals surface area (Å²) in [5.74, 6) is 8.15. The number of aryl methyl sites for hydroxylation is 4. The number of fused-ring (bicyclic) bond motifs is 11. The van der Waals surface area contributed by atoms with Gasteiger partial charge in [0.2, 0.25) is 0 Å². The largest absolute Gasteiger partial charge is 2.00 e. The van der Waals surface area contributed by atoms with Crippen LogP contribution in [0.1, 0.15) is 120 Å². The van der Waals surface area contributed by atoms with Gasteiger partial charge in [-0.25, -0.2) is 0 Å². The summed E-state index contributed by atoms with van der Waals surface area (Å²) in [7, 11) is -1.48. The van der Waals surface area contributed by atoms with E-state index in [2.05, 4.69) is 363 Å². The zero-order chi connectivity index (χ0) is 98.6. The van der Waals surface area contributed by atoms with Crippen molar-refractivity contribution in [3.63, 3.8) is 0 Å². The number of allylic oxidation sites excluding steroid dienone is 6. The van der Waals surface area contributed by atoms with Gasteiger partial charge in [0.1, 0.15) is 5.52 Å². The van der Waals surface area contributed by atoms with E-state index in [1.54, 1.807) is 4.40 Å². The Hall–Kier alpha value is -12.0. The molecule has 0 spiro atoms. The quantitative estimate of drug-likeness (QED) is 0.0249. The summed E-state index contributed by atoms with van der Waals surface area (Å²) in [5.41, 5.74) is 26.9. The molecule has 0 unspecified atom stereocenters. The first-order valence-electron chi connectivity index (χ1n) is 46.1. The van der Waals surface area contributed by atoms with Gasteiger partial charge < -0.3 is 44.6 Å². The van der Waals surface area contributed by atoms with Crippen LogP contribution in [0.3, 0.4) is 0 Å². The molecule has 17 aromatic rings. The van der Waals surface area contributed by atoms with E-state index in [0.717, 1.165) is 79.2 Å². The fraction of sp³-hybridized carbons (Fsp3) is 0.190. The molecule has 3 N–H and O–H groups in total. The molecule has 7 heterocycles. The van der Waals surface area contributed by atoms with Gasteiger partial charge in [-0.2, -0.15) is 53.6 Å². The number of aromatic nitrogens is 6. The Bertz CT molecular complexity index is 6930. The summed E-state index contributed by atoms with van der Waals surface area (Å²) < 4.78 is 6.16. The van der Waals surface area contributed by atoms with Gasteiger partial charge in [0.05, 0.1) is 36.6 Å². The molecule has 20 heteroatoms. The summed E-state index contributed by atoms with van der Waals surface area (Å²) >= 11 is -1.70. The van der Waals surface area contributed by atoms with Crippen LogP contribution in [-0.4, -0.2) is 73.9 Å². The Morgan fingerprint density at radius 2 is 1.06 bits per heavy atom. The van der Waals surface area contributed by atoms with Gasteiger partial charge in [0.15, 0.2) is 23.5 Å². The van der Waals surface area contributed by atoms with Crippen molar-refractivity contribution in [2.45, 2.75) is 152 Å². The molecule has 3 radical (unpaired) electrons. The van der Waals surface area contributed by atoms with Gasteiger partial charge in [-0.1, -0.05) is 192 Å². The predicted molar refractivity (Wildman–Crippen MR) is 571 cm³/mol. The Kier molecular flexibility index (Phi) is 45.6. The molecule has 0 fully saturated rings. The number of anilines is 4.